The van der Waals surface area contributed by atoms with Gasteiger partial charge in [-0.1, -0.05) is 15.9 Å². The molecule has 3 N–H and O–H groups in total. The molecule has 0 spiro atoms. The van der Waals surface area contributed by atoms with E-state index in [0.29, 0.717) is 12.1 Å². The van der Waals surface area contributed by atoms with Crippen molar-refractivity contribution in [1.29, 1.82) is 0 Å². The highest BCUT2D eigenvalue weighted by Gasteiger charge is 2.13. The molecule has 0 saturated carbocycles. The summed E-state index contributed by atoms with van der Waals surface area (Å²) in [4.78, 5) is 11.8. The highest BCUT2D eigenvalue weighted by atomic mass is 79.9. The van der Waals surface area contributed by atoms with Crippen LogP contribution in [0.3, 0.4) is 0 Å². The van der Waals surface area contributed by atoms with Crippen LogP contribution in [0.1, 0.15) is 29.8 Å². The molecule has 0 aliphatic carbocycles. The number of hydrogen-bond donors (Lipinski definition) is 2. The SMILES string of the molecule is Cc1cc(C(=O)NCC(C)(C)N)ccc1Br. The molecule has 0 aromatic heterocycles. The molecule has 88 valence electrons. The number of aryl methyl sites for hydroxylation is 1. The van der Waals surface area contributed by atoms with Crippen LogP contribution in [0.25, 0.3) is 0 Å². The van der Waals surface area contributed by atoms with Crippen LogP contribution in [0.5, 0.6) is 0 Å². The maximum atomic E-state index is 11.8. The number of nitrogens with two attached hydrogens (primary N) is 1. The zero-order chi connectivity index (χ0) is 12.3. The zero-order valence-corrected chi connectivity index (χ0v) is 11.4. The molecule has 1 rings (SSSR count). The van der Waals surface area contributed by atoms with Crippen LogP contribution in [0.2, 0.25) is 0 Å². The summed E-state index contributed by atoms with van der Waals surface area (Å²) in [6, 6.07) is 5.51. The number of rotatable bonds is 3. The summed E-state index contributed by atoms with van der Waals surface area (Å²) in [5, 5.41) is 2.81. The maximum absolute atomic E-state index is 11.8. The Morgan fingerprint density at radius 3 is 2.62 bits per heavy atom. The molecule has 0 fully saturated rings. The predicted octanol–water partition coefficient (Wildman–Crippen LogP) is 2.22. The molecule has 1 aromatic carbocycles. The minimum absolute atomic E-state index is 0.0888. The number of hydrogen-bond acceptors (Lipinski definition) is 2. The van der Waals surface area contributed by atoms with Gasteiger partial charge in [-0.3, -0.25) is 4.79 Å². The van der Waals surface area contributed by atoms with E-state index in [1.807, 2.05) is 32.9 Å². The lowest BCUT2D eigenvalue weighted by Gasteiger charge is -2.19. The summed E-state index contributed by atoms with van der Waals surface area (Å²) in [5.74, 6) is -0.0888. The van der Waals surface area contributed by atoms with Gasteiger partial charge in [0.15, 0.2) is 0 Å². The van der Waals surface area contributed by atoms with E-state index in [-0.39, 0.29) is 11.4 Å². The highest BCUT2D eigenvalue weighted by Crippen LogP contribution is 2.16. The Bertz CT molecular complexity index is 396. The average Bonchev–Trinajstić information content (AvgIpc) is 2.17. The van der Waals surface area contributed by atoms with E-state index < -0.39 is 0 Å². The third-order valence-corrected chi connectivity index (χ3v) is 3.01. The van der Waals surface area contributed by atoms with E-state index in [4.69, 9.17) is 5.73 Å². The lowest BCUT2D eigenvalue weighted by atomic mass is 10.1. The fourth-order valence-electron chi connectivity index (χ4n) is 1.20. The summed E-state index contributed by atoms with van der Waals surface area (Å²) in [5.41, 5.74) is 7.10. The van der Waals surface area contributed by atoms with Gasteiger partial charge in [0, 0.05) is 22.1 Å². The molecular weight excluding hydrogens is 268 g/mol. The first kappa shape index (κ1) is 13.2. The fourth-order valence-corrected chi connectivity index (χ4v) is 1.44. The van der Waals surface area contributed by atoms with Gasteiger partial charge in [-0.2, -0.15) is 0 Å². The van der Waals surface area contributed by atoms with Crippen molar-refractivity contribution in [2.24, 2.45) is 5.73 Å². The molecule has 0 atom stereocenters. The highest BCUT2D eigenvalue weighted by molar-refractivity contribution is 9.10. The van der Waals surface area contributed by atoms with Crippen molar-refractivity contribution in [3.05, 3.63) is 33.8 Å². The number of benzene rings is 1. The normalized spacial score (nSPS) is 11.3. The van der Waals surface area contributed by atoms with Gasteiger partial charge in [0.25, 0.3) is 5.91 Å². The summed E-state index contributed by atoms with van der Waals surface area (Å²) in [6.07, 6.45) is 0. The largest absolute Gasteiger partial charge is 0.350 e. The minimum atomic E-state index is -0.389. The first-order valence-electron chi connectivity index (χ1n) is 5.13. The van der Waals surface area contributed by atoms with Gasteiger partial charge < -0.3 is 11.1 Å². The zero-order valence-electron chi connectivity index (χ0n) is 9.80. The Labute approximate surface area is 105 Å². The molecule has 0 heterocycles. The molecule has 4 heteroatoms. The van der Waals surface area contributed by atoms with Crippen molar-refractivity contribution in [2.75, 3.05) is 6.54 Å². The van der Waals surface area contributed by atoms with Gasteiger partial charge >= 0.3 is 0 Å². The topological polar surface area (TPSA) is 55.1 Å². The van der Waals surface area contributed by atoms with Gasteiger partial charge in [-0.15, -0.1) is 0 Å². The number of halogens is 1. The van der Waals surface area contributed by atoms with Crippen molar-refractivity contribution in [1.82, 2.24) is 5.32 Å². The Hall–Kier alpha value is -0.870. The molecule has 0 bridgehead atoms. The van der Waals surface area contributed by atoms with Crippen molar-refractivity contribution >= 4 is 21.8 Å². The molecule has 0 radical (unpaired) electrons. The lowest BCUT2D eigenvalue weighted by molar-refractivity contribution is 0.0946. The Morgan fingerprint density at radius 1 is 1.50 bits per heavy atom. The second-order valence-corrected chi connectivity index (χ2v) is 5.49. The average molecular weight is 285 g/mol. The summed E-state index contributed by atoms with van der Waals surface area (Å²) in [6.45, 7) is 6.16. The smallest absolute Gasteiger partial charge is 0.251 e. The molecule has 0 unspecified atom stereocenters. The minimum Gasteiger partial charge on any atom is -0.350 e. The van der Waals surface area contributed by atoms with Crippen molar-refractivity contribution < 1.29 is 4.79 Å². The molecule has 0 aliphatic heterocycles. The first-order valence-corrected chi connectivity index (χ1v) is 5.92. The molecular formula is C12H17BrN2O. The van der Waals surface area contributed by atoms with Crippen LogP contribution in [-0.2, 0) is 0 Å². The maximum Gasteiger partial charge on any atom is 0.251 e. The summed E-state index contributed by atoms with van der Waals surface area (Å²) < 4.78 is 1.00. The van der Waals surface area contributed by atoms with Crippen LogP contribution >= 0.6 is 15.9 Å². The molecule has 3 nitrogen and oxygen atoms in total. The van der Waals surface area contributed by atoms with Gasteiger partial charge in [0.05, 0.1) is 0 Å². The van der Waals surface area contributed by atoms with Gasteiger partial charge in [0.2, 0.25) is 0 Å². The van der Waals surface area contributed by atoms with Gasteiger partial charge in [-0.25, -0.2) is 0 Å². The second kappa shape index (κ2) is 4.97. The van der Waals surface area contributed by atoms with E-state index in [2.05, 4.69) is 21.2 Å². The third-order valence-electron chi connectivity index (χ3n) is 2.12. The molecule has 0 saturated heterocycles. The van der Waals surface area contributed by atoms with Crippen LogP contribution in [0, 0.1) is 6.92 Å². The standard InChI is InChI=1S/C12H17BrN2O/c1-8-6-9(4-5-10(8)13)11(16)15-7-12(2,3)14/h4-6H,7,14H2,1-3H3,(H,15,16). The summed E-state index contributed by atoms with van der Waals surface area (Å²) >= 11 is 3.40. The summed E-state index contributed by atoms with van der Waals surface area (Å²) in [7, 11) is 0. The van der Waals surface area contributed by atoms with E-state index in [0.717, 1.165) is 10.0 Å². The lowest BCUT2D eigenvalue weighted by Crippen LogP contribution is -2.45. The first-order chi connectivity index (χ1) is 7.29. The Balaban J connectivity index is 2.70. The van der Waals surface area contributed by atoms with Crippen molar-refractivity contribution in [3.63, 3.8) is 0 Å². The van der Waals surface area contributed by atoms with Crippen molar-refractivity contribution in [2.45, 2.75) is 26.3 Å². The fraction of sp³-hybridized carbons (Fsp3) is 0.417. The predicted molar refractivity (Wildman–Crippen MR) is 69.5 cm³/mol. The molecule has 16 heavy (non-hydrogen) atoms. The van der Waals surface area contributed by atoms with E-state index >= 15 is 0 Å². The molecule has 1 aromatic rings. The molecule has 0 aliphatic rings. The number of amides is 1. The van der Waals surface area contributed by atoms with Crippen molar-refractivity contribution in [3.8, 4) is 0 Å². The Morgan fingerprint density at radius 2 is 2.12 bits per heavy atom. The van der Waals surface area contributed by atoms with E-state index in [9.17, 15) is 4.79 Å². The van der Waals surface area contributed by atoms with Gasteiger partial charge in [0.1, 0.15) is 0 Å². The number of carbonyl (C=O) groups is 1. The third kappa shape index (κ3) is 3.94. The van der Waals surface area contributed by atoms with E-state index in [1.165, 1.54) is 0 Å². The Kier molecular flexibility index (Phi) is 4.10. The van der Waals surface area contributed by atoms with Crippen LogP contribution in [-0.4, -0.2) is 18.0 Å². The van der Waals surface area contributed by atoms with E-state index in [1.54, 1.807) is 6.07 Å². The van der Waals surface area contributed by atoms with Crippen LogP contribution in [0.15, 0.2) is 22.7 Å². The quantitative estimate of drug-likeness (QED) is 0.894. The number of nitrogens with one attached hydrogen (secondary N) is 1. The van der Waals surface area contributed by atoms with Gasteiger partial charge in [-0.05, 0) is 44.5 Å². The number of carbonyl (C=O) groups excluding carboxylic acids is 1. The second-order valence-electron chi connectivity index (χ2n) is 4.64. The van der Waals surface area contributed by atoms with Crippen LogP contribution in [0.4, 0.5) is 0 Å². The monoisotopic (exact) mass is 284 g/mol. The van der Waals surface area contributed by atoms with Crippen LogP contribution < -0.4 is 11.1 Å². The molecule has 1 amide bonds.